The molecule has 0 unspecified atom stereocenters. The van der Waals surface area contributed by atoms with Gasteiger partial charge in [-0.2, -0.15) is 4.37 Å². The molecule has 3 aromatic rings. The van der Waals surface area contributed by atoms with E-state index in [2.05, 4.69) is 73.4 Å². The van der Waals surface area contributed by atoms with Crippen molar-refractivity contribution in [2.24, 2.45) is 0 Å². The number of rotatable bonds is 4. The van der Waals surface area contributed by atoms with Gasteiger partial charge in [0.1, 0.15) is 5.82 Å². The maximum Gasteiger partial charge on any atom is 0.253 e. The fourth-order valence-electron chi connectivity index (χ4n) is 3.94. The zero-order chi connectivity index (χ0) is 22.7. The van der Waals surface area contributed by atoms with Crippen LogP contribution in [0.5, 0.6) is 0 Å². The molecule has 0 bridgehead atoms. The van der Waals surface area contributed by atoms with Gasteiger partial charge < -0.3 is 9.80 Å². The van der Waals surface area contributed by atoms with Crippen LogP contribution in [0.2, 0.25) is 0 Å². The minimum atomic E-state index is 0.0880. The number of aryl methyl sites for hydroxylation is 1. The Morgan fingerprint density at radius 2 is 1.69 bits per heavy atom. The summed E-state index contributed by atoms with van der Waals surface area (Å²) >= 11 is 1.46. The summed E-state index contributed by atoms with van der Waals surface area (Å²) in [4.78, 5) is 22.1. The highest BCUT2D eigenvalue weighted by molar-refractivity contribution is 7.09. The first-order valence-electron chi connectivity index (χ1n) is 11.3. The molecule has 32 heavy (non-hydrogen) atoms. The summed E-state index contributed by atoms with van der Waals surface area (Å²) in [6.45, 7) is 11.8. The molecule has 0 spiro atoms. The van der Waals surface area contributed by atoms with Crippen molar-refractivity contribution in [1.82, 2.24) is 14.3 Å². The van der Waals surface area contributed by atoms with Crippen LogP contribution in [-0.4, -0.2) is 46.3 Å². The molecule has 1 aliphatic heterocycles. The molecule has 0 saturated carbocycles. The van der Waals surface area contributed by atoms with Gasteiger partial charge in [-0.05, 0) is 42.0 Å². The van der Waals surface area contributed by atoms with Crippen LogP contribution in [0.3, 0.4) is 0 Å². The van der Waals surface area contributed by atoms with E-state index < -0.39 is 0 Å². The van der Waals surface area contributed by atoms with Crippen LogP contribution in [0.4, 0.5) is 5.13 Å². The summed E-state index contributed by atoms with van der Waals surface area (Å²) in [7, 11) is 0. The number of nitrogens with zero attached hydrogens (tertiary/aromatic N) is 4. The van der Waals surface area contributed by atoms with Gasteiger partial charge in [-0.25, -0.2) is 4.98 Å². The quantitative estimate of drug-likeness (QED) is 0.558. The van der Waals surface area contributed by atoms with Gasteiger partial charge >= 0.3 is 0 Å². The van der Waals surface area contributed by atoms with Crippen LogP contribution >= 0.6 is 11.5 Å². The monoisotopic (exact) mass is 448 g/mol. The molecule has 0 atom stereocenters. The molecule has 6 heteroatoms. The molecule has 0 N–H and O–H groups in total. The molecule has 2 heterocycles. The number of amides is 1. The average molecular weight is 449 g/mol. The third-order valence-corrected chi connectivity index (χ3v) is 6.81. The summed E-state index contributed by atoms with van der Waals surface area (Å²) in [5.41, 5.74) is 4.58. The molecule has 4 rings (SSSR count). The number of anilines is 1. The fraction of sp³-hybridized carbons (Fsp3) is 0.423. The van der Waals surface area contributed by atoms with Crippen molar-refractivity contribution < 1.29 is 4.79 Å². The van der Waals surface area contributed by atoms with Crippen molar-refractivity contribution >= 4 is 22.6 Å². The Bertz CT molecular complexity index is 1050. The zero-order valence-corrected chi connectivity index (χ0v) is 20.3. The Kier molecular flexibility index (Phi) is 6.60. The summed E-state index contributed by atoms with van der Waals surface area (Å²) in [6, 6.07) is 16.6. The van der Waals surface area contributed by atoms with Gasteiger partial charge in [0.15, 0.2) is 0 Å². The highest BCUT2D eigenvalue weighted by atomic mass is 32.1. The van der Waals surface area contributed by atoms with Gasteiger partial charge in [-0.3, -0.25) is 4.79 Å². The van der Waals surface area contributed by atoms with Crippen LogP contribution in [0.25, 0.3) is 0 Å². The molecule has 0 radical (unpaired) electrons. The Balaban J connectivity index is 1.37. The number of carbonyl (C=O) groups is 1. The Hall–Kier alpha value is -2.73. The maximum atomic E-state index is 13.1. The van der Waals surface area contributed by atoms with Crippen molar-refractivity contribution in [3.8, 4) is 0 Å². The lowest BCUT2D eigenvalue weighted by Crippen LogP contribution is -2.35. The minimum absolute atomic E-state index is 0.0880. The lowest BCUT2D eigenvalue weighted by Gasteiger charge is -2.23. The van der Waals surface area contributed by atoms with E-state index in [0.29, 0.717) is 6.54 Å². The normalized spacial score (nSPS) is 15.0. The molecule has 2 aromatic carbocycles. The number of aromatic nitrogens is 2. The average Bonchev–Trinajstić information content (AvgIpc) is 3.09. The van der Waals surface area contributed by atoms with E-state index in [1.165, 1.54) is 28.2 Å². The van der Waals surface area contributed by atoms with Crippen molar-refractivity contribution in [2.75, 3.05) is 31.1 Å². The molecular weight excluding hydrogens is 416 g/mol. The Morgan fingerprint density at radius 3 is 2.38 bits per heavy atom. The molecular formula is C26H32N4OS. The molecule has 1 saturated heterocycles. The Morgan fingerprint density at radius 1 is 0.969 bits per heavy atom. The van der Waals surface area contributed by atoms with Gasteiger partial charge in [0.2, 0.25) is 5.13 Å². The number of hydrogen-bond acceptors (Lipinski definition) is 5. The zero-order valence-electron chi connectivity index (χ0n) is 19.5. The second-order valence-electron chi connectivity index (χ2n) is 9.62. The van der Waals surface area contributed by atoms with Crippen LogP contribution in [0.1, 0.15) is 60.1 Å². The van der Waals surface area contributed by atoms with E-state index in [0.717, 1.165) is 49.0 Å². The summed E-state index contributed by atoms with van der Waals surface area (Å²) < 4.78 is 4.58. The van der Waals surface area contributed by atoms with Crippen LogP contribution in [-0.2, 0) is 11.8 Å². The highest BCUT2D eigenvalue weighted by Crippen LogP contribution is 2.24. The van der Waals surface area contributed by atoms with Gasteiger partial charge in [0.25, 0.3) is 5.91 Å². The predicted molar refractivity (Wildman–Crippen MR) is 132 cm³/mol. The van der Waals surface area contributed by atoms with Crippen molar-refractivity contribution in [3.05, 3.63) is 76.6 Å². The van der Waals surface area contributed by atoms with Crippen molar-refractivity contribution in [2.45, 2.75) is 46.0 Å². The summed E-state index contributed by atoms with van der Waals surface area (Å²) in [5.74, 6) is 0.981. The largest absolute Gasteiger partial charge is 0.345 e. The standard InChI is InChI=1S/C26H32N4OS/c1-19-6-8-20(9-7-19)18-23-27-25(32-28-23)30-15-5-14-29(16-17-30)24(31)21-10-12-22(13-11-21)26(2,3)4/h6-13H,5,14-18H2,1-4H3. The second-order valence-corrected chi connectivity index (χ2v) is 10.3. The van der Waals surface area contributed by atoms with Crippen LogP contribution in [0.15, 0.2) is 48.5 Å². The maximum absolute atomic E-state index is 13.1. The van der Waals surface area contributed by atoms with E-state index in [-0.39, 0.29) is 11.3 Å². The van der Waals surface area contributed by atoms with Gasteiger partial charge in [0, 0.05) is 49.7 Å². The predicted octanol–water partition coefficient (Wildman–Crippen LogP) is 5.09. The van der Waals surface area contributed by atoms with Gasteiger partial charge in [0.05, 0.1) is 0 Å². The number of benzene rings is 2. The van der Waals surface area contributed by atoms with Gasteiger partial charge in [-0.1, -0.05) is 62.7 Å². The molecule has 1 fully saturated rings. The molecule has 1 aliphatic rings. The third kappa shape index (κ3) is 5.36. The van der Waals surface area contributed by atoms with Crippen molar-refractivity contribution in [3.63, 3.8) is 0 Å². The lowest BCUT2D eigenvalue weighted by molar-refractivity contribution is 0.0767. The first-order chi connectivity index (χ1) is 15.3. The Labute approximate surface area is 195 Å². The minimum Gasteiger partial charge on any atom is -0.345 e. The highest BCUT2D eigenvalue weighted by Gasteiger charge is 2.23. The van der Waals surface area contributed by atoms with Crippen molar-refractivity contribution in [1.29, 1.82) is 0 Å². The van der Waals surface area contributed by atoms with E-state index in [1.54, 1.807) is 0 Å². The SMILES string of the molecule is Cc1ccc(Cc2nsc(N3CCCN(C(=O)c4ccc(C(C)(C)C)cc4)CC3)n2)cc1. The van der Waals surface area contributed by atoms with E-state index in [9.17, 15) is 4.79 Å². The molecule has 0 aliphatic carbocycles. The molecule has 1 amide bonds. The molecule has 5 nitrogen and oxygen atoms in total. The van der Waals surface area contributed by atoms with Gasteiger partial charge in [-0.15, -0.1) is 0 Å². The van der Waals surface area contributed by atoms with E-state index in [1.807, 2.05) is 17.0 Å². The summed E-state index contributed by atoms with van der Waals surface area (Å²) in [6.07, 6.45) is 1.68. The third-order valence-electron chi connectivity index (χ3n) is 5.99. The molecule has 1 aromatic heterocycles. The van der Waals surface area contributed by atoms with Crippen LogP contribution in [0, 0.1) is 6.92 Å². The lowest BCUT2D eigenvalue weighted by atomic mass is 9.86. The van der Waals surface area contributed by atoms with E-state index in [4.69, 9.17) is 4.98 Å². The van der Waals surface area contributed by atoms with Crippen LogP contribution < -0.4 is 4.90 Å². The van der Waals surface area contributed by atoms with E-state index >= 15 is 0 Å². The number of carbonyl (C=O) groups excluding carboxylic acids is 1. The fourth-order valence-corrected chi connectivity index (χ4v) is 4.68. The molecule has 168 valence electrons. The second kappa shape index (κ2) is 9.41. The first-order valence-corrected chi connectivity index (χ1v) is 12.1. The topological polar surface area (TPSA) is 49.3 Å². The number of hydrogen-bond donors (Lipinski definition) is 0. The smallest absolute Gasteiger partial charge is 0.253 e. The first kappa shape index (κ1) is 22.5. The summed E-state index contributed by atoms with van der Waals surface area (Å²) in [5, 5.41) is 0.955.